The van der Waals surface area contributed by atoms with Crippen LogP contribution in [0.1, 0.15) is 11.1 Å². The minimum absolute atomic E-state index is 0.0483. The van der Waals surface area contributed by atoms with Gasteiger partial charge in [0.1, 0.15) is 11.6 Å². The molecule has 0 fully saturated rings. The van der Waals surface area contributed by atoms with E-state index in [1.807, 2.05) is 0 Å². The van der Waals surface area contributed by atoms with Gasteiger partial charge in [0.15, 0.2) is 11.6 Å². The Kier molecular flexibility index (Phi) is 3.82. The summed E-state index contributed by atoms with van der Waals surface area (Å²) in [5, 5.41) is 0. The van der Waals surface area contributed by atoms with Crippen LogP contribution in [0.25, 0.3) is 0 Å². The third-order valence-electron chi connectivity index (χ3n) is 2.52. The zero-order valence-corrected chi connectivity index (χ0v) is 10.5. The number of aryl methyl sites for hydroxylation is 1. The molecule has 0 spiro atoms. The highest BCUT2D eigenvalue weighted by molar-refractivity contribution is 6.17. The molecule has 94 valence electrons. The highest BCUT2D eigenvalue weighted by Gasteiger charge is 2.07. The fourth-order valence-electron chi connectivity index (χ4n) is 1.47. The normalized spacial score (nSPS) is 10.4. The van der Waals surface area contributed by atoms with Crippen LogP contribution in [-0.4, -0.2) is 0 Å². The van der Waals surface area contributed by atoms with Gasteiger partial charge in [-0.25, -0.2) is 8.78 Å². The first-order valence-electron chi connectivity index (χ1n) is 5.38. The number of alkyl halides is 1. The molecular formula is C14H11ClF2O. The van der Waals surface area contributed by atoms with E-state index in [2.05, 4.69) is 0 Å². The Morgan fingerprint density at radius 3 is 2.44 bits per heavy atom. The molecule has 0 aliphatic carbocycles. The summed E-state index contributed by atoms with van der Waals surface area (Å²) in [6, 6.07) is 8.83. The van der Waals surface area contributed by atoms with Gasteiger partial charge in [-0.1, -0.05) is 12.1 Å². The molecule has 1 nitrogen and oxygen atoms in total. The molecule has 0 heterocycles. The van der Waals surface area contributed by atoms with E-state index in [1.54, 1.807) is 25.1 Å². The first-order chi connectivity index (χ1) is 8.60. The van der Waals surface area contributed by atoms with Crippen molar-refractivity contribution < 1.29 is 13.5 Å². The maximum absolute atomic E-state index is 13.6. The Labute approximate surface area is 109 Å². The molecule has 0 aliphatic rings. The second-order valence-electron chi connectivity index (χ2n) is 3.91. The molecule has 2 aromatic rings. The third-order valence-corrected chi connectivity index (χ3v) is 2.83. The van der Waals surface area contributed by atoms with Crippen molar-refractivity contribution in [3.05, 3.63) is 59.2 Å². The third kappa shape index (κ3) is 2.79. The van der Waals surface area contributed by atoms with Crippen LogP contribution in [0.3, 0.4) is 0 Å². The lowest BCUT2D eigenvalue weighted by Gasteiger charge is -2.08. The molecular weight excluding hydrogens is 258 g/mol. The Morgan fingerprint density at radius 1 is 1.06 bits per heavy atom. The highest BCUT2D eigenvalue weighted by atomic mass is 35.5. The fraction of sp³-hybridized carbons (Fsp3) is 0.143. The lowest BCUT2D eigenvalue weighted by atomic mass is 10.2. The van der Waals surface area contributed by atoms with Crippen molar-refractivity contribution in [2.24, 2.45) is 0 Å². The first kappa shape index (κ1) is 12.8. The molecule has 4 heteroatoms. The van der Waals surface area contributed by atoms with Crippen molar-refractivity contribution >= 4 is 11.6 Å². The molecule has 18 heavy (non-hydrogen) atoms. The smallest absolute Gasteiger partial charge is 0.166 e. The topological polar surface area (TPSA) is 9.23 Å². The standard InChI is InChI=1S/C14H11ClF2O/c1-9-2-4-11(7-12(9)16)18-14-5-3-10(8-15)6-13(14)17/h2-7H,8H2,1H3. The fourth-order valence-corrected chi connectivity index (χ4v) is 1.64. The molecule has 0 saturated heterocycles. The van der Waals surface area contributed by atoms with E-state index in [1.165, 1.54) is 18.2 Å². The molecule has 0 amide bonds. The quantitative estimate of drug-likeness (QED) is 0.726. The van der Waals surface area contributed by atoms with Gasteiger partial charge in [-0.15, -0.1) is 11.6 Å². The Balaban J connectivity index is 2.25. The summed E-state index contributed by atoms with van der Waals surface area (Å²) in [5.41, 5.74) is 1.18. The van der Waals surface area contributed by atoms with Gasteiger partial charge >= 0.3 is 0 Å². The van der Waals surface area contributed by atoms with Gasteiger partial charge < -0.3 is 4.74 Å². The maximum Gasteiger partial charge on any atom is 0.166 e. The summed E-state index contributed by atoms with van der Waals surface area (Å²) >= 11 is 5.59. The van der Waals surface area contributed by atoms with Crippen LogP contribution in [0.5, 0.6) is 11.5 Å². The van der Waals surface area contributed by atoms with Crippen LogP contribution in [0, 0.1) is 18.6 Å². The highest BCUT2D eigenvalue weighted by Crippen LogP contribution is 2.26. The van der Waals surface area contributed by atoms with E-state index in [4.69, 9.17) is 16.3 Å². The SMILES string of the molecule is Cc1ccc(Oc2ccc(CCl)cc2F)cc1F. The second kappa shape index (κ2) is 5.36. The average Bonchev–Trinajstić information content (AvgIpc) is 2.36. The average molecular weight is 269 g/mol. The van der Waals surface area contributed by atoms with Crippen LogP contribution in [0.4, 0.5) is 8.78 Å². The van der Waals surface area contributed by atoms with Crippen molar-refractivity contribution in [3.8, 4) is 11.5 Å². The lowest BCUT2D eigenvalue weighted by Crippen LogP contribution is -1.91. The summed E-state index contributed by atoms with van der Waals surface area (Å²) in [6.45, 7) is 1.65. The number of hydrogen-bond donors (Lipinski definition) is 0. The van der Waals surface area contributed by atoms with Crippen LogP contribution < -0.4 is 4.74 Å². The van der Waals surface area contributed by atoms with Crippen molar-refractivity contribution in [1.82, 2.24) is 0 Å². The molecule has 2 rings (SSSR count). The summed E-state index contributed by atoms with van der Waals surface area (Å²) < 4.78 is 32.2. The Bertz CT molecular complexity index is 570. The van der Waals surface area contributed by atoms with Gasteiger partial charge in [-0.05, 0) is 36.2 Å². The molecule has 0 atom stereocenters. The maximum atomic E-state index is 13.6. The number of rotatable bonds is 3. The molecule has 0 bridgehead atoms. The van der Waals surface area contributed by atoms with Gasteiger partial charge in [0.2, 0.25) is 0 Å². The number of ether oxygens (including phenoxy) is 1. The van der Waals surface area contributed by atoms with Crippen molar-refractivity contribution in [1.29, 1.82) is 0 Å². The molecule has 0 saturated carbocycles. The summed E-state index contributed by atoms with van der Waals surface area (Å²) in [7, 11) is 0. The van der Waals surface area contributed by atoms with E-state index in [9.17, 15) is 8.78 Å². The number of halogens is 3. The van der Waals surface area contributed by atoms with Crippen molar-refractivity contribution in [2.75, 3.05) is 0 Å². The van der Waals surface area contributed by atoms with Gasteiger partial charge in [-0.3, -0.25) is 0 Å². The lowest BCUT2D eigenvalue weighted by molar-refractivity contribution is 0.438. The second-order valence-corrected chi connectivity index (χ2v) is 4.18. The van der Waals surface area contributed by atoms with E-state index >= 15 is 0 Å². The van der Waals surface area contributed by atoms with Gasteiger partial charge in [0.05, 0.1) is 0 Å². The molecule has 0 aromatic heterocycles. The molecule has 0 N–H and O–H groups in total. The summed E-state index contributed by atoms with van der Waals surface area (Å²) in [5.74, 6) is -0.363. The first-order valence-corrected chi connectivity index (χ1v) is 5.92. The van der Waals surface area contributed by atoms with E-state index in [-0.39, 0.29) is 23.2 Å². The summed E-state index contributed by atoms with van der Waals surface area (Å²) in [6.07, 6.45) is 0. The zero-order chi connectivity index (χ0) is 13.1. The van der Waals surface area contributed by atoms with E-state index in [0.717, 1.165) is 0 Å². The Morgan fingerprint density at radius 2 is 1.83 bits per heavy atom. The van der Waals surface area contributed by atoms with Crippen molar-refractivity contribution in [2.45, 2.75) is 12.8 Å². The summed E-state index contributed by atoms with van der Waals surface area (Å²) in [4.78, 5) is 0. The largest absolute Gasteiger partial charge is 0.454 e. The van der Waals surface area contributed by atoms with Gasteiger partial charge in [0, 0.05) is 11.9 Å². The predicted octanol–water partition coefficient (Wildman–Crippen LogP) is 4.80. The predicted molar refractivity (Wildman–Crippen MR) is 67.2 cm³/mol. The minimum atomic E-state index is -0.519. The van der Waals surface area contributed by atoms with Crippen LogP contribution in [0.2, 0.25) is 0 Å². The van der Waals surface area contributed by atoms with E-state index in [0.29, 0.717) is 11.1 Å². The van der Waals surface area contributed by atoms with Gasteiger partial charge in [0.25, 0.3) is 0 Å². The van der Waals surface area contributed by atoms with Crippen LogP contribution in [0.15, 0.2) is 36.4 Å². The molecule has 0 unspecified atom stereocenters. The Hall–Kier alpha value is -1.61. The van der Waals surface area contributed by atoms with Crippen LogP contribution in [-0.2, 0) is 5.88 Å². The molecule has 2 aromatic carbocycles. The van der Waals surface area contributed by atoms with E-state index < -0.39 is 5.82 Å². The van der Waals surface area contributed by atoms with Crippen LogP contribution >= 0.6 is 11.6 Å². The molecule has 0 aliphatic heterocycles. The van der Waals surface area contributed by atoms with Crippen molar-refractivity contribution in [3.63, 3.8) is 0 Å². The number of benzene rings is 2. The zero-order valence-electron chi connectivity index (χ0n) is 9.71. The monoisotopic (exact) mass is 268 g/mol. The minimum Gasteiger partial charge on any atom is -0.454 e. The van der Waals surface area contributed by atoms with Gasteiger partial charge in [-0.2, -0.15) is 0 Å². The number of hydrogen-bond acceptors (Lipinski definition) is 1. The molecule has 0 radical (unpaired) electrons.